The van der Waals surface area contributed by atoms with E-state index in [-0.39, 0.29) is 19.0 Å². The Balaban J connectivity index is 1.99. The number of carbonyl (C=O) groups is 3. The fourth-order valence-corrected chi connectivity index (χ4v) is 2.46. The molecule has 6 nitrogen and oxygen atoms in total. The summed E-state index contributed by atoms with van der Waals surface area (Å²) in [4.78, 5) is 36.3. The summed E-state index contributed by atoms with van der Waals surface area (Å²) in [5, 5.41) is 8.79. The van der Waals surface area contributed by atoms with Gasteiger partial charge in [-0.15, -0.1) is 0 Å². The fourth-order valence-electron chi connectivity index (χ4n) is 2.46. The van der Waals surface area contributed by atoms with Crippen LogP contribution >= 0.6 is 0 Å². The zero-order valence-electron chi connectivity index (χ0n) is 11.1. The fraction of sp³-hybridized carbons (Fsp3) is 0.750. The van der Waals surface area contributed by atoms with Crippen LogP contribution in [0.2, 0.25) is 0 Å². The second-order valence-corrected chi connectivity index (χ2v) is 5.38. The van der Waals surface area contributed by atoms with Gasteiger partial charge in [0.2, 0.25) is 11.8 Å². The highest BCUT2D eigenvalue weighted by atomic mass is 19.4. The maximum atomic E-state index is 12.3. The average molecular weight is 308 g/mol. The number of hydrogen-bond acceptors (Lipinski definition) is 3. The molecule has 2 amide bonds. The Bertz CT molecular complexity index is 462. The van der Waals surface area contributed by atoms with Crippen molar-refractivity contribution < 1.29 is 32.7 Å². The quantitative estimate of drug-likeness (QED) is 0.801. The number of carboxylic acid groups (broad SMARTS) is 1. The number of likely N-dealkylation sites (tertiary alicyclic amines) is 1. The first-order valence-corrected chi connectivity index (χ1v) is 6.54. The Morgan fingerprint density at radius 2 is 1.95 bits per heavy atom. The average Bonchev–Trinajstić information content (AvgIpc) is 3.10. The van der Waals surface area contributed by atoms with E-state index in [1.54, 1.807) is 0 Å². The van der Waals surface area contributed by atoms with Crippen LogP contribution in [0.3, 0.4) is 0 Å². The number of alkyl halides is 3. The number of hydrogen-bond donors (Lipinski definition) is 1. The molecule has 2 fully saturated rings. The molecule has 1 unspecified atom stereocenters. The summed E-state index contributed by atoms with van der Waals surface area (Å²) in [6.45, 7) is -2.16. The largest absolute Gasteiger partial charge is 0.480 e. The van der Waals surface area contributed by atoms with Gasteiger partial charge in [0.15, 0.2) is 0 Å². The minimum absolute atomic E-state index is 0.166. The van der Waals surface area contributed by atoms with Crippen molar-refractivity contribution in [1.29, 1.82) is 0 Å². The molecule has 1 atom stereocenters. The van der Waals surface area contributed by atoms with Crippen molar-refractivity contribution in [2.24, 2.45) is 5.92 Å². The van der Waals surface area contributed by atoms with Gasteiger partial charge in [0, 0.05) is 19.0 Å². The smallest absolute Gasteiger partial charge is 0.406 e. The molecular formula is C12H15F3N2O4. The molecule has 118 valence electrons. The van der Waals surface area contributed by atoms with Crippen molar-refractivity contribution in [3.05, 3.63) is 0 Å². The minimum atomic E-state index is -4.51. The maximum Gasteiger partial charge on any atom is 0.406 e. The van der Waals surface area contributed by atoms with Crippen LogP contribution in [0.5, 0.6) is 0 Å². The second-order valence-electron chi connectivity index (χ2n) is 5.38. The molecule has 2 aliphatic rings. The third-order valence-corrected chi connectivity index (χ3v) is 3.51. The number of carboxylic acids is 1. The van der Waals surface area contributed by atoms with Crippen molar-refractivity contribution in [2.75, 3.05) is 19.6 Å². The topological polar surface area (TPSA) is 77.9 Å². The SMILES string of the molecule is O=C(O)CN(C(=O)C1CC(=O)N(CC(F)(F)F)C1)C1CC1. The van der Waals surface area contributed by atoms with Gasteiger partial charge in [-0.25, -0.2) is 0 Å². The van der Waals surface area contributed by atoms with Gasteiger partial charge in [0.05, 0.1) is 5.92 Å². The lowest BCUT2D eigenvalue weighted by Crippen LogP contribution is -2.42. The molecule has 0 aromatic rings. The van der Waals surface area contributed by atoms with Crippen LogP contribution in [-0.4, -0.2) is 64.5 Å². The van der Waals surface area contributed by atoms with Gasteiger partial charge >= 0.3 is 12.1 Å². The van der Waals surface area contributed by atoms with E-state index in [9.17, 15) is 27.6 Å². The van der Waals surface area contributed by atoms with Crippen LogP contribution in [0.1, 0.15) is 19.3 Å². The molecule has 1 N–H and O–H groups in total. The Labute approximate surface area is 118 Å². The van der Waals surface area contributed by atoms with E-state index in [0.717, 1.165) is 4.90 Å². The lowest BCUT2D eigenvalue weighted by molar-refractivity contribution is -0.157. The third-order valence-electron chi connectivity index (χ3n) is 3.51. The Kier molecular flexibility index (Phi) is 4.11. The molecule has 0 aromatic carbocycles. The maximum absolute atomic E-state index is 12.3. The number of halogens is 3. The van der Waals surface area contributed by atoms with Gasteiger partial charge in [-0.2, -0.15) is 13.2 Å². The van der Waals surface area contributed by atoms with Gasteiger partial charge in [0.25, 0.3) is 0 Å². The van der Waals surface area contributed by atoms with Crippen molar-refractivity contribution in [1.82, 2.24) is 9.80 Å². The van der Waals surface area contributed by atoms with E-state index >= 15 is 0 Å². The number of nitrogens with zero attached hydrogens (tertiary/aromatic N) is 2. The highest BCUT2D eigenvalue weighted by Gasteiger charge is 2.44. The van der Waals surface area contributed by atoms with Crippen LogP contribution < -0.4 is 0 Å². The van der Waals surface area contributed by atoms with E-state index in [2.05, 4.69) is 0 Å². The molecule has 0 spiro atoms. The van der Waals surface area contributed by atoms with Crippen LogP contribution in [-0.2, 0) is 14.4 Å². The first kappa shape index (κ1) is 15.6. The molecule has 0 aromatic heterocycles. The zero-order valence-corrected chi connectivity index (χ0v) is 11.1. The van der Waals surface area contributed by atoms with E-state index in [0.29, 0.717) is 17.7 Å². The number of carbonyl (C=O) groups excluding carboxylic acids is 2. The minimum Gasteiger partial charge on any atom is -0.480 e. The van der Waals surface area contributed by atoms with E-state index < -0.39 is 43.0 Å². The lowest BCUT2D eigenvalue weighted by atomic mass is 10.1. The van der Waals surface area contributed by atoms with Gasteiger partial charge in [0.1, 0.15) is 13.1 Å². The highest BCUT2D eigenvalue weighted by Crippen LogP contribution is 2.31. The highest BCUT2D eigenvalue weighted by molar-refractivity contribution is 5.91. The first-order valence-electron chi connectivity index (χ1n) is 6.54. The van der Waals surface area contributed by atoms with Crippen molar-refractivity contribution in [3.63, 3.8) is 0 Å². The molecule has 1 aliphatic carbocycles. The van der Waals surface area contributed by atoms with Crippen molar-refractivity contribution in [3.8, 4) is 0 Å². The third kappa shape index (κ3) is 4.08. The normalized spacial score (nSPS) is 22.5. The van der Waals surface area contributed by atoms with Crippen molar-refractivity contribution >= 4 is 17.8 Å². The van der Waals surface area contributed by atoms with Crippen LogP contribution in [0.25, 0.3) is 0 Å². The Hall–Kier alpha value is -1.80. The standard InChI is InChI=1S/C12H15F3N2O4/c13-12(14,15)6-16-4-7(3-9(16)18)11(21)17(5-10(19)20)8-1-2-8/h7-8H,1-6H2,(H,19,20). The lowest BCUT2D eigenvalue weighted by Gasteiger charge is -2.24. The van der Waals surface area contributed by atoms with Crippen LogP contribution in [0.4, 0.5) is 13.2 Å². The van der Waals surface area contributed by atoms with Gasteiger partial charge < -0.3 is 14.9 Å². The van der Waals surface area contributed by atoms with Crippen molar-refractivity contribution in [2.45, 2.75) is 31.5 Å². The molecule has 1 saturated carbocycles. The number of amides is 2. The molecule has 2 rings (SSSR count). The van der Waals surface area contributed by atoms with Gasteiger partial charge in [-0.3, -0.25) is 14.4 Å². The molecule has 0 bridgehead atoms. The summed E-state index contributed by atoms with van der Waals surface area (Å²) in [7, 11) is 0. The predicted molar refractivity (Wildman–Crippen MR) is 63.1 cm³/mol. The first-order chi connectivity index (χ1) is 9.67. The summed E-state index contributed by atoms with van der Waals surface area (Å²) in [6.07, 6.45) is -3.43. The van der Waals surface area contributed by atoms with Crippen LogP contribution in [0, 0.1) is 5.92 Å². The summed E-state index contributed by atoms with van der Waals surface area (Å²) < 4.78 is 36.9. The molecule has 9 heteroatoms. The summed E-state index contributed by atoms with van der Waals surface area (Å²) in [6, 6.07) is -0.166. The molecule has 1 heterocycles. The zero-order chi connectivity index (χ0) is 15.8. The molecule has 1 saturated heterocycles. The van der Waals surface area contributed by atoms with Gasteiger partial charge in [-0.1, -0.05) is 0 Å². The molecule has 21 heavy (non-hydrogen) atoms. The monoisotopic (exact) mass is 308 g/mol. The summed E-state index contributed by atoms with van der Waals surface area (Å²) in [5.74, 6) is -3.33. The van der Waals surface area contributed by atoms with Gasteiger partial charge in [-0.05, 0) is 12.8 Å². The summed E-state index contributed by atoms with van der Waals surface area (Å²) >= 11 is 0. The molecule has 1 aliphatic heterocycles. The molecular weight excluding hydrogens is 293 g/mol. The summed E-state index contributed by atoms with van der Waals surface area (Å²) in [5.41, 5.74) is 0. The Morgan fingerprint density at radius 1 is 1.33 bits per heavy atom. The molecule has 0 radical (unpaired) electrons. The second kappa shape index (κ2) is 5.53. The van der Waals surface area contributed by atoms with Crippen LogP contribution in [0.15, 0.2) is 0 Å². The van der Waals surface area contributed by atoms with E-state index in [4.69, 9.17) is 5.11 Å². The van der Waals surface area contributed by atoms with E-state index in [1.807, 2.05) is 0 Å². The number of aliphatic carboxylic acids is 1. The number of rotatable bonds is 5. The Morgan fingerprint density at radius 3 is 2.43 bits per heavy atom. The van der Waals surface area contributed by atoms with E-state index in [1.165, 1.54) is 0 Å². The predicted octanol–water partition coefficient (Wildman–Crippen LogP) is 0.473.